The van der Waals surface area contributed by atoms with Crippen molar-refractivity contribution in [2.24, 2.45) is 0 Å². The quantitative estimate of drug-likeness (QED) is 0.813. The number of allylic oxidation sites excluding steroid dienone is 2. The molecule has 0 fully saturated rings. The summed E-state index contributed by atoms with van der Waals surface area (Å²) in [6.45, 7) is 0. The molecule has 2 aromatic carbocycles. The second-order valence-electron chi connectivity index (χ2n) is 6.04. The van der Waals surface area contributed by atoms with E-state index in [0.29, 0.717) is 30.0 Å². The molecular weight excluding hydrogens is 316 g/mol. The zero-order chi connectivity index (χ0) is 17.8. The number of rotatable bonds is 5. The Hall–Kier alpha value is -2.95. The third kappa shape index (κ3) is 3.60. The number of nitrogens with one attached hydrogen (secondary N) is 1. The molecule has 0 aromatic heterocycles. The number of para-hydroxylation sites is 3. The molecule has 130 valence electrons. The van der Waals surface area contributed by atoms with Crippen LogP contribution in [0.5, 0.6) is 11.5 Å². The summed E-state index contributed by atoms with van der Waals surface area (Å²) in [5.74, 6) is 1.46. The third-order valence-electron chi connectivity index (χ3n) is 4.38. The van der Waals surface area contributed by atoms with E-state index in [9.17, 15) is 4.79 Å². The van der Waals surface area contributed by atoms with E-state index < -0.39 is 0 Å². The number of nitrogens with two attached hydrogens (primary N) is 1. The van der Waals surface area contributed by atoms with Crippen LogP contribution in [0.15, 0.2) is 54.2 Å². The molecule has 5 nitrogen and oxygen atoms in total. The van der Waals surface area contributed by atoms with Gasteiger partial charge in [0.25, 0.3) is 0 Å². The van der Waals surface area contributed by atoms with Crippen molar-refractivity contribution in [3.8, 4) is 11.5 Å². The molecule has 0 heterocycles. The molecule has 0 amide bonds. The number of benzene rings is 2. The van der Waals surface area contributed by atoms with Gasteiger partial charge in [0.05, 0.1) is 25.6 Å². The topological polar surface area (TPSA) is 73.6 Å². The molecule has 3 rings (SSSR count). The van der Waals surface area contributed by atoms with Crippen LogP contribution in [0.25, 0.3) is 0 Å². The Morgan fingerprint density at radius 2 is 1.84 bits per heavy atom. The first kappa shape index (κ1) is 16.9. The first-order chi connectivity index (χ1) is 12.1. The fourth-order valence-corrected chi connectivity index (χ4v) is 3.22. The SMILES string of the molecule is COc1cccc(C2CC(=O)C=C(Nc3ccccc3N)C2)c1OC. The van der Waals surface area contributed by atoms with Crippen LogP contribution >= 0.6 is 0 Å². The van der Waals surface area contributed by atoms with Gasteiger partial charge in [-0.1, -0.05) is 24.3 Å². The van der Waals surface area contributed by atoms with Crippen molar-refractivity contribution in [1.82, 2.24) is 0 Å². The Balaban J connectivity index is 1.88. The highest BCUT2D eigenvalue weighted by molar-refractivity contribution is 5.93. The molecule has 0 aliphatic heterocycles. The Morgan fingerprint density at radius 3 is 2.56 bits per heavy atom. The molecular formula is C20H22N2O3. The molecule has 3 N–H and O–H groups in total. The minimum Gasteiger partial charge on any atom is -0.493 e. The van der Waals surface area contributed by atoms with Crippen LogP contribution in [-0.2, 0) is 4.79 Å². The summed E-state index contributed by atoms with van der Waals surface area (Å²) < 4.78 is 10.9. The van der Waals surface area contributed by atoms with E-state index in [1.807, 2.05) is 42.5 Å². The van der Waals surface area contributed by atoms with Gasteiger partial charge in [-0.05, 0) is 24.6 Å². The van der Waals surface area contributed by atoms with Gasteiger partial charge in [0, 0.05) is 29.7 Å². The van der Waals surface area contributed by atoms with Crippen LogP contribution in [0.4, 0.5) is 11.4 Å². The van der Waals surface area contributed by atoms with Crippen molar-refractivity contribution in [3.05, 3.63) is 59.8 Å². The number of ether oxygens (including phenoxy) is 2. The molecule has 1 aliphatic carbocycles. The number of ketones is 1. The maximum atomic E-state index is 12.3. The van der Waals surface area contributed by atoms with E-state index >= 15 is 0 Å². The van der Waals surface area contributed by atoms with Gasteiger partial charge in [-0.2, -0.15) is 0 Å². The second-order valence-corrected chi connectivity index (χ2v) is 6.04. The molecule has 0 spiro atoms. The molecule has 1 atom stereocenters. The van der Waals surface area contributed by atoms with E-state index in [1.165, 1.54) is 0 Å². The first-order valence-electron chi connectivity index (χ1n) is 8.18. The highest BCUT2D eigenvalue weighted by Gasteiger charge is 2.26. The van der Waals surface area contributed by atoms with E-state index in [1.54, 1.807) is 20.3 Å². The van der Waals surface area contributed by atoms with Gasteiger partial charge in [0.1, 0.15) is 0 Å². The summed E-state index contributed by atoms with van der Waals surface area (Å²) in [6, 6.07) is 13.3. The lowest BCUT2D eigenvalue weighted by atomic mass is 9.84. The summed E-state index contributed by atoms with van der Waals surface area (Å²) >= 11 is 0. The number of hydrogen-bond donors (Lipinski definition) is 2. The van der Waals surface area contributed by atoms with Gasteiger partial charge >= 0.3 is 0 Å². The largest absolute Gasteiger partial charge is 0.493 e. The Labute approximate surface area is 147 Å². The zero-order valence-electron chi connectivity index (χ0n) is 14.4. The van der Waals surface area contributed by atoms with E-state index in [-0.39, 0.29) is 11.7 Å². The maximum absolute atomic E-state index is 12.3. The monoisotopic (exact) mass is 338 g/mol. The van der Waals surface area contributed by atoms with Crippen LogP contribution < -0.4 is 20.5 Å². The van der Waals surface area contributed by atoms with Crippen molar-refractivity contribution < 1.29 is 14.3 Å². The maximum Gasteiger partial charge on any atom is 0.164 e. The van der Waals surface area contributed by atoms with E-state index in [0.717, 1.165) is 16.9 Å². The number of methoxy groups -OCH3 is 2. The van der Waals surface area contributed by atoms with Crippen molar-refractivity contribution in [3.63, 3.8) is 0 Å². The van der Waals surface area contributed by atoms with Crippen molar-refractivity contribution in [1.29, 1.82) is 0 Å². The zero-order valence-corrected chi connectivity index (χ0v) is 14.4. The molecule has 0 saturated carbocycles. The lowest BCUT2D eigenvalue weighted by molar-refractivity contribution is -0.115. The van der Waals surface area contributed by atoms with Gasteiger partial charge in [-0.15, -0.1) is 0 Å². The number of carbonyl (C=O) groups excluding carboxylic acids is 1. The standard InChI is InChI=1S/C20H22N2O3/c1-24-19-9-5-6-16(20(19)25-2)13-10-14(12-15(23)11-13)22-18-8-4-3-7-17(18)21/h3-9,12-13,22H,10-11,21H2,1-2H3. The van der Waals surface area contributed by atoms with Crippen molar-refractivity contribution >= 4 is 17.2 Å². The highest BCUT2D eigenvalue weighted by Crippen LogP contribution is 2.41. The minimum absolute atomic E-state index is 0.0231. The van der Waals surface area contributed by atoms with Crippen LogP contribution in [0.2, 0.25) is 0 Å². The van der Waals surface area contributed by atoms with Gasteiger partial charge in [-0.3, -0.25) is 4.79 Å². The molecule has 1 aliphatic rings. The number of carbonyl (C=O) groups is 1. The van der Waals surface area contributed by atoms with Crippen LogP contribution in [-0.4, -0.2) is 20.0 Å². The second kappa shape index (κ2) is 7.30. The van der Waals surface area contributed by atoms with Gasteiger partial charge in [0.2, 0.25) is 0 Å². The molecule has 0 bridgehead atoms. The Morgan fingerprint density at radius 1 is 1.04 bits per heavy atom. The smallest absolute Gasteiger partial charge is 0.164 e. The number of nitrogen functional groups attached to an aromatic ring is 1. The third-order valence-corrected chi connectivity index (χ3v) is 4.38. The molecule has 0 saturated heterocycles. The molecule has 2 aromatic rings. The van der Waals surface area contributed by atoms with Crippen molar-refractivity contribution in [2.45, 2.75) is 18.8 Å². The van der Waals surface area contributed by atoms with Crippen LogP contribution in [0.3, 0.4) is 0 Å². The predicted molar refractivity (Wildman–Crippen MR) is 99.1 cm³/mol. The first-order valence-corrected chi connectivity index (χ1v) is 8.18. The van der Waals surface area contributed by atoms with Gasteiger partial charge in [-0.25, -0.2) is 0 Å². The van der Waals surface area contributed by atoms with Gasteiger partial charge in [0.15, 0.2) is 17.3 Å². The number of anilines is 2. The van der Waals surface area contributed by atoms with Crippen molar-refractivity contribution in [2.75, 3.05) is 25.3 Å². The lowest BCUT2D eigenvalue weighted by Crippen LogP contribution is -2.17. The average molecular weight is 338 g/mol. The van der Waals surface area contributed by atoms with E-state index in [2.05, 4.69) is 5.32 Å². The molecule has 5 heteroatoms. The lowest BCUT2D eigenvalue weighted by Gasteiger charge is -2.25. The predicted octanol–water partition coefficient (Wildman–Crippen LogP) is 3.73. The normalized spacial score (nSPS) is 17.0. The molecule has 1 unspecified atom stereocenters. The fraction of sp³-hybridized carbons (Fsp3) is 0.250. The summed E-state index contributed by atoms with van der Waals surface area (Å²) in [5.41, 5.74) is 9.27. The average Bonchev–Trinajstić information content (AvgIpc) is 2.62. The summed E-state index contributed by atoms with van der Waals surface area (Å²) in [4.78, 5) is 12.3. The van der Waals surface area contributed by atoms with Gasteiger partial charge < -0.3 is 20.5 Å². The van der Waals surface area contributed by atoms with E-state index in [4.69, 9.17) is 15.2 Å². The fourth-order valence-electron chi connectivity index (χ4n) is 3.22. The highest BCUT2D eigenvalue weighted by atomic mass is 16.5. The molecule has 0 radical (unpaired) electrons. The van der Waals surface area contributed by atoms with Crippen LogP contribution in [0, 0.1) is 0 Å². The molecule has 25 heavy (non-hydrogen) atoms. The summed E-state index contributed by atoms with van der Waals surface area (Å²) in [6.07, 6.45) is 2.80. The summed E-state index contributed by atoms with van der Waals surface area (Å²) in [7, 11) is 3.23. The Kier molecular flexibility index (Phi) is 4.93. The minimum atomic E-state index is 0.0231. The summed E-state index contributed by atoms with van der Waals surface area (Å²) in [5, 5.41) is 3.29. The Bertz CT molecular complexity index is 814. The van der Waals surface area contributed by atoms with Crippen LogP contribution in [0.1, 0.15) is 24.3 Å². The number of hydrogen-bond acceptors (Lipinski definition) is 5.